The fourth-order valence-electron chi connectivity index (χ4n) is 1.85. The standard InChI is InChI=1S/C12H22N4O3/c1-10-11(9-14-16(10)4-2-3-13)12(19)15(5-7-17)6-8-18/h9,17-18H,2-8,13H2,1H3. The van der Waals surface area contributed by atoms with E-state index in [1.165, 1.54) is 11.1 Å². The number of aliphatic hydroxyl groups is 2. The molecule has 108 valence electrons. The maximum absolute atomic E-state index is 12.3. The molecule has 1 aromatic rings. The average Bonchev–Trinajstić information content (AvgIpc) is 2.76. The van der Waals surface area contributed by atoms with Crippen molar-refractivity contribution in [2.24, 2.45) is 5.73 Å². The van der Waals surface area contributed by atoms with Crippen molar-refractivity contribution in [3.63, 3.8) is 0 Å². The topological polar surface area (TPSA) is 105 Å². The van der Waals surface area contributed by atoms with E-state index in [2.05, 4.69) is 5.10 Å². The minimum Gasteiger partial charge on any atom is -0.395 e. The van der Waals surface area contributed by atoms with Gasteiger partial charge in [-0.05, 0) is 19.9 Å². The van der Waals surface area contributed by atoms with Gasteiger partial charge in [0, 0.05) is 25.3 Å². The molecule has 4 N–H and O–H groups in total. The summed E-state index contributed by atoms with van der Waals surface area (Å²) < 4.78 is 1.75. The molecule has 1 rings (SSSR count). The number of carbonyl (C=O) groups excluding carboxylic acids is 1. The van der Waals surface area contributed by atoms with Crippen LogP contribution in [0.15, 0.2) is 6.20 Å². The molecule has 0 aromatic carbocycles. The predicted octanol–water partition coefficient (Wildman–Crippen LogP) is -1.03. The van der Waals surface area contributed by atoms with Gasteiger partial charge in [-0.15, -0.1) is 0 Å². The highest BCUT2D eigenvalue weighted by Crippen LogP contribution is 2.11. The first kappa shape index (κ1) is 15.6. The molecule has 0 spiro atoms. The summed E-state index contributed by atoms with van der Waals surface area (Å²) in [5, 5.41) is 22.0. The van der Waals surface area contributed by atoms with Gasteiger partial charge < -0.3 is 20.8 Å². The van der Waals surface area contributed by atoms with Crippen molar-refractivity contribution < 1.29 is 15.0 Å². The van der Waals surface area contributed by atoms with Gasteiger partial charge in [-0.3, -0.25) is 9.48 Å². The van der Waals surface area contributed by atoms with Crippen molar-refractivity contribution in [3.05, 3.63) is 17.5 Å². The van der Waals surface area contributed by atoms with Crippen LogP contribution in [0.4, 0.5) is 0 Å². The Labute approximate surface area is 112 Å². The number of aliphatic hydroxyl groups excluding tert-OH is 2. The van der Waals surface area contributed by atoms with Crippen LogP contribution in [0, 0.1) is 6.92 Å². The van der Waals surface area contributed by atoms with E-state index in [-0.39, 0.29) is 32.2 Å². The first-order valence-corrected chi connectivity index (χ1v) is 6.39. The molecule has 0 saturated heterocycles. The van der Waals surface area contributed by atoms with Gasteiger partial charge in [-0.25, -0.2) is 0 Å². The van der Waals surface area contributed by atoms with E-state index in [0.717, 1.165) is 12.1 Å². The Balaban J connectivity index is 2.82. The molecule has 7 heteroatoms. The molecule has 0 unspecified atom stereocenters. The van der Waals surface area contributed by atoms with Gasteiger partial charge in [0.25, 0.3) is 5.91 Å². The summed E-state index contributed by atoms with van der Waals surface area (Å²) in [5.74, 6) is -0.223. The SMILES string of the molecule is Cc1c(C(=O)N(CCO)CCO)cnn1CCCN. The molecular weight excluding hydrogens is 248 g/mol. The molecule has 1 aromatic heterocycles. The number of nitrogens with zero attached hydrogens (tertiary/aromatic N) is 3. The van der Waals surface area contributed by atoms with Gasteiger partial charge in [0.2, 0.25) is 0 Å². The lowest BCUT2D eigenvalue weighted by atomic mass is 10.2. The molecular formula is C12H22N4O3. The van der Waals surface area contributed by atoms with E-state index in [1.54, 1.807) is 4.68 Å². The van der Waals surface area contributed by atoms with Gasteiger partial charge in [0.15, 0.2) is 0 Å². The number of amides is 1. The zero-order chi connectivity index (χ0) is 14.3. The summed E-state index contributed by atoms with van der Waals surface area (Å²) in [5.41, 5.74) is 6.72. The quantitative estimate of drug-likeness (QED) is 0.560. The molecule has 0 aliphatic heterocycles. The maximum atomic E-state index is 12.3. The monoisotopic (exact) mass is 270 g/mol. The number of carbonyl (C=O) groups is 1. The average molecular weight is 270 g/mol. The van der Waals surface area contributed by atoms with Gasteiger partial charge >= 0.3 is 0 Å². The lowest BCUT2D eigenvalue weighted by Gasteiger charge is -2.20. The fourth-order valence-corrected chi connectivity index (χ4v) is 1.85. The Morgan fingerprint density at radius 2 is 2.05 bits per heavy atom. The maximum Gasteiger partial charge on any atom is 0.257 e. The summed E-state index contributed by atoms with van der Waals surface area (Å²) in [4.78, 5) is 13.7. The largest absolute Gasteiger partial charge is 0.395 e. The second-order valence-electron chi connectivity index (χ2n) is 4.25. The molecule has 1 amide bonds. The number of hydrogen-bond donors (Lipinski definition) is 3. The summed E-state index contributed by atoms with van der Waals surface area (Å²) in [6.45, 7) is 3.21. The Morgan fingerprint density at radius 1 is 1.42 bits per heavy atom. The van der Waals surface area contributed by atoms with Gasteiger partial charge in [0.05, 0.1) is 25.0 Å². The second-order valence-corrected chi connectivity index (χ2v) is 4.25. The smallest absolute Gasteiger partial charge is 0.257 e. The Kier molecular flexibility index (Phi) is 6.48. The second kappa shape index (κ2) is 7.88. The van der Waals surface area contributed by atoms with Crippen LogP contribution < -0.4 is 5.73 Å². The van der Waals surface area contributed by atoms with Crippen molar-refractivity contribution >= 4 is 5.91 Å². The lowest BCUT2D eigenvalue weighted by molar-refractivity contribution is 0.0684. The summed E-state index contributed by atoms with van der Waals surface area (Å²) in [6.07, 6.45) is 2.32. The van der Waals surface area contributed by atoms with E-state index in [9.17, 15) is 4.79 Å². The van der Waals surface area contributed by atoms with Crippen LogP contribution in [-0.4, -0.2) is 63.6 Å². The van der Waals surface area contributed by atoms with Crippen molar-refractivity contribution in [2.75, 3.05) is 32.8 Å². The van der Waals surface area contributed by atoms with E-state index in [4.69, 9.17) is 15.9 Å². The lowest BCUT2D eigenvalue weighted by Crippen LogP contribution is -2.36. The minimum atomic E-state index is -0.223. The van der Waals surface area contributed by atoms with Crippen LogP contribution >= 0.6 is 0 Å². The third-order valence-corrected chi connectivity index (χ3v) is 2.93. The normalized spacial score (nSPS) is 10.7. The van der Waals surface area contributed by atoms with Crippen molar-refractivity contribution in [1.29, 1.82) is 0 Å². The van der Waals surface area contributed by atoms with Crippen molar-refractivity contribution in [3.8, 4) is 0 Å². The van der Waals surface area contributed by atoms with Crippen LogP contribution in [0.5, 0.6) is 0 Å². The highest BCUT2D eigenvalue weighted by atomic mass is 16.3. The van der Waals surface area contributed by atoms with Crippen molar-refractivity contribution in [2.45, 2.75) is 19.9 Å². The molecule has 1 heterocycles. The molecule has 19 heavy (non-hydrogen) atoms. The number of hydrogen-bond acceptors (Lipinski definition) is 5. The summed E-state index contributed by atoms with van der Waals surface area (Å²) in [6, 6.07) is 0. The molecule has 0 atom stereocenters. The van der Waals surface area contributed by atoms with Crippen LogP contribution in [0.3, 0.4) is 0 Å². The Bertz CT molecular complexity index is 400. The highest BCUT2D eigenvalue weighted by molar-refractivity contribution is 5.95. The highest BCUT2D eigenvalue weighted by Gasteiger charge is 2.19. The van der Waals surface area contributed by atoms with Gasteiger partial charge in [0.1, 0.15) is 0 Å². The molecule has 0 saturated carbocycles. The number of aromatic nitrogens is 2. The molecule has 0 aliphatic carbocycles. The minimum absolute atomic E-state index is 0.133. The molecule has 0 radical (unpaired) electrons. The molecule has 0 fully saturated rings. The van der Waals surface area contributed by atoms with Gasteiger partial charge in [-0.2, -0.15) is 5.10 Å². The van der Waals surface area contributed by atoms with E-state index in [0.29, 0.717) is 18.7 Å². The predicted molar refractivity (Wildman–Crippen MR) is 70.7 cm³/mol. The van der Waals surface area contributed by atoms with E-state index < -0.39 is 0 Å². The fraction of sp³-hybridized carbons (Fsp3) is 0.667. The summed E-state index contributed by atoms with van der Waals surface area (Å²) >= 11 is 0. The molecule has 0 aliphatic rings. The number of rotatable bonds is 8. The first-order chi connectivity index (χ1) is 9.15. The zero-order valence-corrected chi connectivity index (χ0v) is 11.2. The zero-order valence-electron chi connectivity index (χ0n) is 11.2. The van der Waals surface area contributed by atoms with Crippen LogP contribution in [0.25, 0.3) is 0 Å². The molecule has 0 bridgehead atoms. The Morgan fingerprint density at radius 3 is 2.58 bits per heavy atom. The third kappa shape index (κ3) is 4.02. The van der Waals surface area contributed by atoms with Crippen LogP contribution in [-0.2, 0) is 6.54 Å². The van der Waals surface area contributed by atoms with Crippen LogP contribution in [0.1, 0.15) is 22.5 Å². The number of aryl methyl sites for hydroxylation is 1. The third-order valence-electron chi connectivity index (χ3n) is 2.93. The number of nitrogens with two attached hydrogens (primary N) is 1. The van der Waals surface area contributed by atoms with E-state index >= 15 is 0 Å². The first-order valence-electron chi connectivity index (χ1n) is 6.39. The Hall–Kier alpha value is -1.44. The molecule has 7 nitrogen and oxygen atoms in total. The van der Waals surface area contributed by atoms with Gasteiger partial charge in [-0.1, -0.05) is 0 Å². The van der Waals surface area contributed by atoms with Crippen LogP contribution in [0.2, 0.25) is 0 Å². The van der Waals surface area contributed by atoms with E-state index in [1.807, 2.05) is 6.92 Å². The van der Waals surface area contributed by atoms with Crippen molar-refractivity contribution in [1.82, 2.24) is 14.7 Å². The summed E-state index contributed by atoms with van der Waals surface area (Å²) in [7, 11) is 0.